The Morgan fingerprint density at radius 1 is 1.03 bits per heavy atom. The number of aromatic nitrogens is 2. The first kappa shape index (κ1) is 23.6. The van der Waals surface area contributed by atoms with Crippen molar-refractivity contribution in [2.45, 2.75) is 31.7 Å². The third-order valence-electron chi connectivity index (χ3n) is 7.80. The fraction of sp³-hybridized carbons (Fsp3) is 0.290. The Hall–Kier alpha value is -3.74. The van der Waals surface area contributed by atoms with E-state index in [0.717, 1.165) is 31.6 Å². The number of hydrogen-bond donors (Lipinski definition) is 3. The number of benzene rings is 3. The summed E-state index contributed by atoms with van der Waals surface area (Å²) in [5.41, 5.74) is 7.95. The van der Waals surface area contributed by atoms with E-state index >= 15 is 0 Å². The van der Waals surface area contributed by atoms with Crippen molar-refractivity contribution in [1.82, 2.24) is 15.3 Å². The van der Waals surface area contributed by atoms with E-state index in [1.807, 2.05) is 18.2 Å². The molecule has 3 aromatic carbocycles. The van der Waals surface area contributed by atoms with Gasteiger partial charge in [-0.2, -0.15) is 0 Å². The lowest BCUT2D eigenvalue weighted by Crippen LogP contribution is -2.53. The van der Waals surface area contributed by atoms with Crippen LogP contribution in [0.3, 0.4) is 0 Å². The molecule has 6 nitrogen and oxygen atoms in total. The third-order valence-corrected chi connectivity index (χ3v) is 7.80. The lowest BCUT2D eigenvalue weighted by molar-refractivity contribution is 0.246. The number of hydrogen-bond acceptors (Lipinski definition) is 5. The molecule has 2 heterocycles. The van der Waals surface area contributed by atoms with Gasteiger partial charge in [0.15, 0.2) is 0 Å². The number of nitrogens with one attached hydrogen (secondary N) is 2. The maximum Gasteiger partial charge on any atom is 0.258 e. The first-order valence-electron chi connectivity index (χ1n) is 13.2. The topological polar surface area (TPSA) is 81.2 Å². The van der Waals surface area contributed by atoms with E-state index in [1.165, 1.54) is 58.7 Å². The van der Waals surface area contributed by atoms with E-state index in [2.05, 4.69) is 62.7 Å². The van der Waals surface area contributed by atoms with E-state index in [1.54, 1.807) is 11.6 Å². The van der Waals surface area contributed by atoms with E-state index in [9.17, 15) is 9.90 Å². The summed E-state index contributed by atoms with van der Waals surface area (Å²) in [7, 11) is 0. The van der Waals surface area contributed by atoms with Crippen LogP contribution >= 0.6 is 0 Å². The molecule has 1 fully saturated rings. The van der Waals surface area contributed by atoms with Crippen LogP contribution in [0.15, 0.2) is 83.4 Å². The molecule has 0 unspecified atom stereocenters. The summed E-state index contributed by atoms with van der Waals surface area (Å²) in [5, 5.41) is 16.4. The molecule has 2 aliphatic carbocycles. The molecule has 1 aliphatic heterocycles. The van der Waals surface area contributed by atoms with Crippen molar-refractivity contribution in [2.24, 2.45) is 0 Å². The molecule has 1 aromatic heterocycles. The number of allylic oxidation sites excluding steroid dienone is 4. The van der Waals surface area contributed by atoms with Crippen LogP contribution in [0.1, 0.15) is 30.4 Å². The molecule has 37 heavy (non-hydrogen) atoms. The van der Waals surface area contributed by atoms with Crippen LogP contribution in [0, 0.1) is 0 Å². The molecular weight excluding hydrogens is 460 g/mol. The van der Waals surface area contributed by atoms with Crippen LogP contribution in [0.4, 0.5) is 5.69 Å². The van der Waals surface area contributed by atoms with Gasteiger partial charge in [0, 0.05) is 25.3 Å². The van der Waals surface area contributed by atoms with Gasteiger partial charge in [-0.15, -0.1) is 0 Å². The van der Waals surface area contributed by atoms with Gasteiger partial charge in [-0.05, 0) is 77.4 Å². The Labute approximate surface area is 216 Å². The zero-order chi connectivity index (χ0) is 25.2. The van der Waals surface area contributed by atoms with Crippen molar-refractivity contribution in [2.75, 3.05) is 31.1 Å². The zero-order valence-corrected chi connectivity index (χ0v) is 20.9. The van der Waals surface area contributed by atoms with Gasteiger partial charge in [0.1, 0.15) is 0 Å². The van der Waals surface area contributed by atoms with Crippen molar-refractivity contribution in [3.05, 3.63) is 100 Å². The predicted octanol–water partition coefficient (Wildman–Crippen LogP) is 4.58. The van der Waals surface area contributed by atoms with Gasteiger partial charge in [-0.1, -0.05) is 48.1 Å². The van der Waals surface area contributed by atoms with E-state index < -0.39 is 0 Å². The number of para-hydroxylation sites is 1. The summed E-state index contributed by atoms with van der Waals surface area (Å²) >= 11 is 0. The molecule has 0 bridgehead atoms. The van der Waals surface area contributed by atoms with Gasteiger partial charge in [0.2, 0.25) is 0 Å². The Bertz CT molecular complexity index is 1560. The second kappa shape index (κ2) is 10.3. The molecular formula is C31H32N4O2. The number of piperazine rings is 1. The van der Waals surface area contributed by atoms with Crippen LogP contribution in [-0.2, 0) is 6.42 Å². The van der Waals surface area contributed by atoms with Gasteiger partial charge in [-0.25, -0.2) is 4.98 Å². The van der Waals surface area contributed by atoms with Gasteiger partial charge < -0.3 is 20.3 Å². The second-order valence-corrected chi connectivity index (χ2v) is 9.94. The third kappa shape index (κ3) is 4.59. The largest absolute Gasteiger partial charge is 0.394 e. The van der Waals surface area contributed by atoms with Crippen LogP contribution in [0.25, 0.3) is 27.2 Å². The van der Waals surface area contributed by atoms with Gasteiger partial charge in [0.05, 0.1) is 29.9 Å². The molecule has 1 atom stereocenters. The molecule has 3 aliphatic rings. The summed E-state index contributed by atoms with van der Waals surface area (Å²) in [4.78, 5) is 19.9. The standard InChI is InChI=1S/C23H26N2O.C8H6N2O/c26-15-19-14-24-11-12-25(19)18-7-10-21-17(13-18)6-9-22-20-4-2-1-3-16(20)5-8-23(21)22;11-8-6-3-1-2-4-7(6)9-5-10-8/h2,4,6-7,9-10,13,19,24,26H,1,3,5,8,11-12,14-15H2;1-5H,(H,9,10,11)/t19-;/m1./s1. The molecule has 1 saturated heterocycles. The Morgan fingerprint density at radius 3 is 2.84 bits per heavy atom. The quantitative estimate of drug-likeness (QED) is 0.382. The van der Waals surface area contributed by atoms with Crippen molar-refractivity contribution in [3.63, 3.8) is 0 Å². The van der Waals surface area contributed by atoms with Crippen molar-refractivity contribution < 1.29 is 5.11 Å². The summed E-state index contributed by atoms with van der Waals surface area (Å²) in [5.74, 6) is 0. The smallest absolute Gasteiger partial charge is 0.258 e. The molecule has 0 radical (unpaired) electrons. The average Bonchev–Trinajstić information content (AvgIpc) is 2.97. The molecule has 6 heteroatoms. The lowest BCUT2D eigenvalue weighted by Gasteiger charge is -2.37. The normalized spacial score (nSPS) is 18.8. The summed E-state index contributed by atoms with van der Waals surface area (Å²) in [6.45, 7) is 2.96. The molecule has 0 spiro atoms. The molecule has 0 amide bonds. The number of aliphatic hydroxyl groups excluding tert-OH is 1. The Morgan fingerprint density at radius 2 is 1.95 bits per heavy atom. The van der Waals surface area contributed by atoms with Crippen molar-refractivity contribution >= 4 is 32.9 Å². The maximum absolute atomic E-state index is 11.1. The van der Waals surface area contributed by atoms with Gasteiger partial charge in [-0.3, -0.25) is 4.79 Å². The molecule has 188 valence electrons. The van der Waals surface area contributed by atoms with Crippen molar-refractivity contribution in [1.29, 1.82) is 0 Å². The number of rotatable bonds is 2. The number of aryl methyl sites for hydroxylation is 1. The predicted molar refractivity (Wildman–Crippen MR) is 151 cm³/mol. The van der Waals surface area contributed by atoms with E-state index in [0.29, 0.717) is 5.39 Å². The van der Waals surface area contributed by atoms with Crippen LogP contribution in [-0.4, -0.2) is 47.4 Å². The highest BCUT2D eigenvalue weighted by Crippen LogP contribution is 2.40. The van der Waals surface area contributed by atoms with Crippen molar-refractivity contribution in [3.8, 4) is 0 Å². The van der Waals surface area contributed by atoms with E-state index in [-0.39, 0.29) is 18.2 Å². The molecule has 7 rings (SSSR count). The molecule has 0 saturated carbocycles. The number of H-pyrrole nitrogens is 1. The minimum atomic E-state index is -0.0874. The highest BCUT2D eigenvalue weighted by atomic mass is 16.3. The first-order chi connectivity index (χ1) is 18.2. The summed E-state index contributed by atoms with van der Waals surface area (Å²) < 4.78 is 0. The van der Waals surface area contributed by atoms with Crippen LogP contribution in [0.2, 0.25) is 0 Å². The number of anilines is 1. The minimum Gasteiger partial charge on any atom is -0.394 e. The zero-order valence-electron chi connectivity index (χ0n) is 20.9. The maximum atomic E-state index is 11.1. The number of aliphatic hydroxyl groups is 1. The second-order valence-electron chi connectivity index (χ2n) is 9.94. The highest BCUT2D eigenvalue weighted by Gasteiger charge is 2.23. The number of nitrogens with zero attached hydrogens (tertiary/aromatic N) is 2. The van der Waals surface area contributed by atoms with Crippen LogP contribution < -0.4 is 15.8 Å². The fourth-order valence-corrected chi connectivity index (χ4v) is 5.89. The van der Waals surface area contributed by atoms with Gasteiger partial charge in [0.25, 0.3) is 5.56 Å². The number of fused-ring (bicyclic) bond motifs is 5. The SMILES string of the molecule is O=c1[nH]cnc2ccccc12.OC[C@H]1CNCCN1c1ccc2c3c(ccc2c1)C1=C(CCC=C1)CC3. The average molecular weight is 493 g/mol. The summed E-state index contributed by atoms with van der Waals surface area (Å²) in [6.07, 6.45) is 10.9. The molecule has 4 aromatic rings. The Balaban J connectivity index is 0.000000191. The fourth-order valence-electron chi connectivity index (χ4n) is 5.89. The highest BCUT2D eigenvalue weighted by molar-refractivity contribution is 5.95. The van der Waals surface area contributed by atoms with Crippen LogP contribution in [0.5, 0.6) is 0 Å². The van der Waals surface area contributed by atoms with E-state index in [4.69, 9.17) is 0 Å². The van der Waals surface area contributed by atoms with Gasteiger partial charge >= 0.3 is 0 Å². The lowest BCUT2D eigenvalue weighted by atomic mass is 9.79. The minimum absolute atomic E-state index is 0.0874. The monoisotopic (exact) mass is 492 g/mol. The number of aromatic amines is 1. The first-order valence-corrected chi connectivity index (χ1v) is 13.2. The molecule has 3 N–H and O–H groups in total. The Kier molecular flexibility index (Phi) is 6.60. The summed E-state index contributed by atoms with van der Waals surface area (Å²) in [6, 6.07) is 18.9.